The number of hydrogen-bond acceptors (Lipinski definition) is 10. The van der Waals surface area contributed by atoms with Crippen LogP contribution in [0.2, 0.25) is 0 Å². The van der Waals surface area contributed by atoms with Gasteiger partial charge in [0.1, 0.15) is 24.1 Å². The highest BCUT2D eigenvalue weighted by Gasteiger charge is 2.50. The molecule has 13 heteroatoms. The van der Waals surface area contributed by atoms with Gasteiger partial charge < -0.3 is 34.8 Å². The molecule has 7 atom stereocenters. The molecule has 3 rings (SSSR count). The predicted molar refractivity (Wildman–Crippen MR) is 116 cm³/mol. The van der Waals surface area contributed by atoms with Crippen LogP contribution in [0.4, 0.5) is 5.82 Å². The lowest BCUT2D eigenvalue weighted by Crippen LogP contribution is -2.40. The number of nitrogens with one attached hydrogen (secondary N) is 1. The Labute approximate surface area is 186 Å². The smallest absolute Gasteiger partial charge is 0.359 e. The van der Waals surface area contributed by atoms with Crippen molar-refractivity contribution in [2.24, 2.45) is 0 Å². The van der Waals surface area contributed by atoms with Gasteiger partial charge in [-0.1, -0.05) is 13.8 Å². The Hall–Kier alpha value is -1.66. The van der Waals surface area contributed by atoms with Gasteiger partial charge in [0, 0.05) is 13.5 Å². The molecule has 1 aliphatic rings. The SMILES string of the molecule is CCC(C)(C[C@H]1O[C@@H](n2cnc3c(NC)ncnc32)[C@H](O)[C@@H]1O)OP(=O)(O)[C@@](C)(O)CC. The minimum absolute atomic E-state index is 0.00590. The Morgan fingerprint density at radius 3 is 2.50 bits per heavy atom. The zero-order valence-electron chi connectivity index (χ0n) is 18.8. The van der Waals surface area contributed by atoms with Crippen LogP contribution in [0.1, 0.15) is 53.2 Å². The zero-order chi connectivity index (χ0) is 23.9. The molecule has 5 N–H and O–H groups in total. The molecule has 1 fully saturated rings. The van der Waals surface area contributed by atoms with Gasteiger partial charge in [0.25, 0.3) is 0 Å². The van der Waals surface area contributed by atoms with Crippen molar-refractivity contribution in [1.82, 2.24) is 19.5 Å². The molecule has 0 radical (unpaired) electrons. The van der Waals surface area contributed by atoms with Crippen molar-refractivity contribution in [3.05, 3.63) is 12.7 Å². The molecule has 0 aromatic carbocycles. The summed E-state index contributed by atoms with van der Waals surface area (Å²) >= 11 is 0. The third kappa shape index (κ3) is 4.41. The second-order valence-corrected chi connectivity index (χ2v) is 10.7. The number of aliphatic hydroxyl groups excluding tert-OH is 2. The fraction of sp³-hybridized carbons (Fsp3) is 0.737. The standard InChI is InChI=1S/C19H32N5O7P/c1-6-18(3,31-32(28,29)19(4,27)7-2)8-11-13(25)14(26)17(30-11)24-10-23-12-15(20-5)21-9-22-16(12)24/h9-11,13-14,17,25-27H,6-8H2,1-5H3,(H,28,29)(H,20,21,22)/t11-,13-,14-,17-,18?,19-/m1/s1. The lowest BCUT2D eigenvalue weighted by atomic mass is 9.93. The van der Waals surface area contributed by atoms with Gasteiger partial charge in [-0.15, -0.1) is 0 Å². The molecule has 12 nitrogen and oxygen atoms in total. The molecule has 0 spiro atoms. The summed E-state index contributed by atoms with van der Waals surface area (Å²) in [5, 5.41) is 32.6. The maximum absolute atomic E-state index is 12.7. The number of imidazole rings is 1. The number of fused-ring (bicyclic) bond motifs is 1. The van der Waals surface area contributed by atoms with Crippen molar-refractivity contribution in [3.63, 3.8) is 0 Å². The Kier molecular flexibility index (Phi) is 6.98. The number of nitrogens with zero attached hydrogens (tertiary/aromatic N) is 4. The van der Waals surface area contributed by atoms with E-state index in [-0.39, 0.29) is 12.8 Å². The molecule has 2 aromatic rings. The summed E-state index contributed by atoms with van der Waals surface area (Å²) in [5.74, 6) is 0.506. The number of hydrogen-bond donors (Lipinski definition) is 5. The summed E-state index contributed by atoms with van der Waals surface area (Å²) in [5.41, 5.74) is -0.314. The van der Waals surface area contributed by atoms with Crippen molar-refractivity contribution in [3.8, 4) is 0 Å². The van der Waals surface area contributed by atoms with Crippen molar-refractivity contribution in [2.75, 3.05) is 12.4 Å². The first-order chi connectivity index (χ1) is 14.9. The average Bonchev–Trinajstić information content (AvgIpc) is 3.29. The highest BCUT2D eigenvalue weighted by atomic mass is 31.2. The van der Waals surface area contributed by atoms with Gasteiger partial charge >= 0.3 is 7.60 Å². The quantitative estimate of drug-likeness (QED) is 0.333. The molecular formula is C19H32N5O7P. The van der Waals surface area contributed by atoms with E-state index in [4.69, 9.17) is 9.26 Å². The fourth-order valence-electron chi connectivity index (χ4n) is 3.62. The van der Waals surface area contributed by atoms with E-state index in [1.54, 1.807) is 27.8 Å². The summed E-state index contributed by atoms with van der Waals surface area (Å²) < 4.78 is 25.7. The predicted octanol–water partition coefficient (Wildman–Crippen LogP) is 1.37. The van der Waals surface area contributed by atoms with E-state index in [1.807, 2.05) is 0 Å². The topological polar surface area (TPSA) is 172 Å². The van der Waals surface area contributed by atoms with Crippen LogP contribution >= 0.6 is 7.60 Å². The molecule has 2 aromatic heterocycles. The number of ether oxygens (including phenoxy) is 1. The van der Waals surface area contributed by atoms with Gasteiger partial charge in [-0.25, -0.2) is 15.0 Å². The van der Waals surface area contributed by atoms with Crippen molar-refractivity contribution in [1.29, 1.82) is 0 Å². The molecule has 0 bridgehead atoms. The lowest BCUT2D eigenvalue weighted by molar-refractivity contribution is -0.0689. The Morgan fingerprint density at radius 2 is 1.91 bits per heavy atom. The number of aromatic nitrogens is 4. The second kappa shape index (κ2) is 8.94. The van der Waals surface area contributed by atoms with Crippen LogP contribution in [0.5, 0.6) is 0 Å². The maximum atomic E-state index is 12.7. The lowest BCUT2D eigenvalue weighted by Gasteiger charge is -2.37. The van der Waals surface area contributed by atoms with E-state index < -0.39 is 43.1 Å². The normalized spacial score (nSPS) is 29.4. The number of aliphatic hydroxyl groups is 3. The monoisotopic (exact) mass is 473 g/mol. The second-order valence-electron chi connectivity index (χ2n) is 8.53. The molecule has 1 aliphatic heterocycles. The van der Waals surface area contributed by atoms with E-state index in [1.165, 1.54) is 24.1 Å². The van der Waals surface area contributed by atoms with Gasteiger partial charge in [0.15, 0.2) is 23.0 Å². The molecule has 2 unspecified atom stereocenters. The van der Waals surface area contributed by atoms with E-state index in [2.05, 4.69) is 20.3 Å². The zero-order valence-corrected chi connectivity index (χ0v) is 19.7. The van der Waals surface area contributed by atoms with Crippen LogP contribution in [0.15, 0.2) is 12.7 Å². The van der Waals surface area contributed by atoms with Crippen LogP contribution in [-0.2, 0) is 13.8 Å². The third-order valence-electron chi connectivity index (χ3n) is 6.21. The van der Waals surface area contributed by atoms with Gasteiger partial charge in [0.05, 0.1) is 18.0 Å². The molecule has 3 heterocycles. The maximum Gasteiger partial charge on any atom is 0.359 e. The Bertz CT molecular complexity index is 1000. The van der Waals surface area contributed by atoms with Crippen LogP contribution in [0.25, 0.3) is 11.2 Å². The first-order valence-electron chi connectivity index (χ1n) is 10.5. The van der Waals surface area contributed by atoms with E-state index in [9.17, 15) is 24.8 Å². The highest BCUT2D eigenvalue weighted by Crippen LogP contribution is 2.59. The first-order valence-corrected chi connectivity index (χ1v) is 12.1. The van der Waals surface area contributed by atoms with Gasteiger partial charge in [0.2, 0.25) is 0 Å². The van der Waals surface area contributed by atoms with Crippen LogP contribution in [0, 0.1) is 0 Å². The van der Waals surface area contributed by atoms with Crippen molar-refractivity contribution in [2.45, 2.75) is 82.4 Å². The molecule has 0 saturated carbocycles. The van der Waals surface area contributed by atoms with Crippen molar-refractivity contribution >= 4 is 24.6 Å². The molecule has 1 saturated heterocycles. The minimum atomic E-state index is -4.41. The summed E-state index contributed by atoms with van der Waals surface area (Å²) in [7, 11) is -2.72. The fourth-order valence-corrected chi connectivity index (χ4v) is 5.01. The van der Waals surface area contributed by atoms with E-state index in [0.29, 0.717) is 23.4 Å². The Balaban J connectivity index is 1.84. The van der Waals surface area contributed by atoms with Crippen LogP contribution in [0.3, 0.4) is 0 Å². The first kappa shape index (κ1) is 25.0. The molecular weight excluding hydrogens is 441 g/mol. The summed E-state index contributed by atoms with van der Waals surface area (Å²) in [4.78, 5) is 22.9. The average molecular weight is 473 g/mol. The van der Waals surface area contributed by atoms with Crippen LogP contribution in [-0.4, -0.2) is 76.0 Å². The van der Waals surface area contributed by atoms with E-state index in [0.717, 1.165) is 0 Å². The minimum Gasteiger partial charge on any atom is -0.388 e. The largest absolute Gasteiger partial charge is 0.388 e. The molecule has 32 heavy (non-hydrogen) atoms. The van der Waals surface area contributed by atoms with Gasteiger partial charge in [-0.05, 0) is 26.7 Å². The van der Waals surface area contributed by atoms with E-state index >= 15 is 0 Å². The van der Waals surface area contributed by atoms with Crippen LogP contribution < -0.4 is 5.32 Å². The summed E-state index contributed by atoms with van der Waals surface area (Å²) in [6.07, 6.45) is -1.36. The third-order valence-corrected chi connectivity index (χ3v) is 8.43. The summed E-state index contributed by atoms with van der Waals surface area (Å²) in [6, 6.07) is 0. The number of rotatable bonds is 9. The molecule has 0 aliphatic carbocycles. The number of anilines is 1. The van der Waals surface area contributed by atoms with Gasteiger partial charge in [-0.3, -0.25) is 9.13 Å². The van der Waals surface area contributed by atoms with Crippen molar-refractivity contribution < 1.29 is 34.0 Å². The Morgan fingerprint density at radius 1 is 1.22 bits per heavy atom. The van der Waals surface area contributed by atoms with Gasteiger partial charge in [-0.2, -0.15) is 0 Å². The summed E-state index contributed by atoms with van der Waals surface area (Å²) in [6.45, 7) is 6.20. The highest BCUT2D eigenvalue weighted by molar-refractivity contribution is 7.54. The molecule has 180 valence electrons. The molecule has 0 amide bonds.